The molecule has 0 bridgehead atoms. The van der Waals surface area contributed by atoms with E-state index in [1.54, 1.807) is 42.6 Å². The summed E-state index contributed by atoms with van der Waals surface area (Å²) in [4.78, 5) is 23.0. The van der Waals surface area contributed by atoms with Gasteiger partial charge in [0.25, 0.3) is 5.91 Å². The lowest BCUT2D eigenvalue weighted by Gasteiger charge is -2.25. The molecule has 4 rings (SSSR count). The number of carbonyl (C=O) groups is 1. The number of hydrogen-bond donors (Lipinski definition) is 1. The molecule has 0 aliphatic carbocycles. The Morgan fingerprint density at radius 1 is 1.06 bits per heavy atom. The van der Waals surface area contributed by atoms with Crippen molar-refractivity contribution >= 4 is 28.3 Å². The Balaban J connectivity index is 1.77. The molecular weight excluding hydrogens is 402 g/mol. The van der Waals surface area contributed by atoms with Crippen LogP contribution in [0.5, 0.6) is 5.75 Å². The van der Waals surface area contributed by atoms with Gasteiger partial charge in [-0.1, -0.05) is 24.3 Å². The van der Waals surface area contributed by atoms with Crippen molar-refractivity contribution in [1.29, 1.82) is 0 Å². The van der Waals surface area contributed by atoms with E-state index in [0.717, 1.165) is 10.9 Å². The van der Waals surface area contributed by atoms with E-state index in [2.05, 4.69) is 14.7 Å². The van der Waals surface area contributed by atoms with Gasteiger partial charge in [0.2, 0.25) is 0 Å². The van der Waals surface area contributed by atoms with Crippen molar-refractivity contribution in [2.45, 2.75) is 13.2 Å². The van der Waals surface area contributed by atoms with E-state index in [9.17, 15) is 13.6 Å². The number of fused-ring (bicyclic) bond motifs is 1. The minimum atomic E-state index is -3.02. The lowest BCUT2D eigenvalue weighted by Crippen LogP contribution is -2.31. The maximum atomic E-state index is 13.3. The van der Waals surface area contributed by atoms with E-state index < -0.39 is 12.5 Å². The third-order valence-corrected chi connectivity index (χ3v) is 4.64. The highest BCUT2D eigenvalue weighted by atomic mass is 19.3. The average Bonchev–Trinajstić information content (AvgIpc) is 2.77. The normalized spacial score (nSPS) is 10.9. The number of alkyl halides is 2. The van der Waals surface area contributed by atoms with Crippen LogP contribution >= 0.6 is 0 Å². The molecule has 0 saturated carbocycles. The molecule has 0 atom stereocenters. The number of carbonyl (C=O) groups excluding carboxylic acids is 1. The first kappa shape index (κ1) is 20.2. The molecule has 0 unspecified atom stereocenters. The summed E-state index contributed by atoms with van der Waals surface area (Å²) in [5, 5.41) is 0.893. The minimum absolute atomic E-state index is 0.0992. The summed E-state index contributed by atoms with van der Waals surface area (Å²) >= 11 is 0. The first-order valence-electron chi connectivity index (χ1n) is 9.42. The van der Waals surface area contributed by atoms with Crippen LogP contribution < -0.4 is 15.4 Å². The van der Waals surface area contributed by atoms with E-state index in [0.29, 0.717) is 16.9 Å². The SMILES string of the molecule is Nc1ccc2ccc(CN(C(=O)c3cccnc3)c3ccccc3OC(F)F)cc2n1. The molecule has 0 radical (unpaired) electrons. The number of halogens is 2. The van der Waals surface area contributed by atoms with Crippen LogP contribution in [0.1, 0.15) is 15.9 Å². The second-order valence-corrected chi connectivity index (χ2v) is 6.74. The van der Waals surface area contributed by atoms with Crippen LogP contribution in [0.2, 0.25) is 0 Å². The Morgan fingerprint density at radius 2 is 1.87 bits per heavy atom. The Kier molecular flexibility index (Phi) is 5.70. The molecule has 1 amide bonds. The molecule has 0 spiro atoms. The van der Waals surface area contributed by atoms with E-state index in [-0.39, 0.29) is 18.0 Å². The predicted molar refractivity (Wildman–Crippen MR) is 114 cm³/mol. The molecule has 2 aromatic heterocycles. The third-order valence-electron chi connectivity index (χ3n) is 4.64. The van der Waals surface area contributed by atoms with Gasteiger partial charge in [0.15, 0.2) is 0 Å². The maximum absolute atomic E-state index is 13.3. The van der Waals surface area contributed by atoms with Gasteiger partial charge in [-0.25, -0.2) is 4.98 Å². The molecule has 31 heavy (non-hydrogen) atoms. The first-order valence-corrected chi connectivity index (χ1v) is 9.42. The van der Waals surface area contributed by atoms with Gasteiger partial charge in [0.1, 0.15) is 11.6 Å². The summed E-state index contributed by atoms with van der Waals surface area (Å²) < 4.78 is 30.6. The second kappa shape index (κ2) is 8.74. The molecule has 6 nitrogen and oxygen atoms in total. The van der Waals surface area contributed by atoms with Crippen LogP contribution in [0.25, 0.3) is 10.9 Å². The summed E-state index contributed by atoms with van der Waals surface area (Å²) in [6, 6.07) is 18.5. The molecule has 0 aliphatic rings. The first-order chi connectivity index (χ1) is 15.0. The number of nitrogens with two attached hydrogens (primary N) is 1. The van der Waals surface area contributed by atoms with Crippen LogP contribution in [0.15, 0.2) is 79.1 Å². The summed E-state index contributed by atoms with van der Waals surface area (Å²) in [5.74, 6) is -0.124. The van der Waals surface area contributed by atoms with Gasteiger partial charge in [0, 0.05) is 17.8 Å². The Morgan fingerprint density at radius 3 is 2.65 bits per heavy atom. The number of ether oxygens (including phenoxy) is 1. The maximum Gasteiger partial charge on any atom is 0.387 e. The zero-order valence-electron chi connectivity index (χ0n) is 16.3. The molecule has 8 heteroatoms. The van der Waals surface area contributed by atoms with Gasteiger partial charge in [-0.3, -0.25) is 9.78 Å². The number of pyridine rings is 2. The summed E-state index contributed by atoms with van der Waals surface area (Å²) in [6.07, 6.45) is 2.98. The van der Waals surface area contributed by atoms with E-state index in [1.165, 1.54) is 17.2 Å². The number of benzene rings is 2. The fourth-order valence-corrected chi connectivity index (χ4v) is 3.25. The van der Waals surface area contributed by atoms with Gasteiger partial charge in [-0.05, 0) is 48.0 Å². The van der Waals surface area contributed by atoms with Crippen LogP contribution in [-0.2, 0) is 6.54 Å². The summed E-state index contributed by atoms with van der Waals surface area (Å²) in [5.41, 5.74) is 7.74. The molecule has 0 aliphatic heterocycles. The van der Waals surface area contributed by atoms with E-state index in [4.69, 9.17) is 5.73 Å². The number of para-hydroxylation sites is 2. The molecular formula is C23H18F2N4O2. The van der Waals surface area contributed by atoms with Gasteiger partial charge in [-0.2, -0.15) is 8.78 Å². The van der Waals surface area contributed by atoms with Gasteiger partial charge >= 0.3 is 6.61 Å². The lowest BCUT2D eigenvalue weighted by atomic mass is 10.1. The van der Waals surface area contributed by atoms with Crippen molar-refractivity contribution in [3.8, 4) is 5.75 Å². The highest BCUT2D eigenvalue weighted by Gasteiger charge is 2.23. The number of amides is 1. The van der Waals surface area contributed by atoms with Crippen LogP contribution in [0.4, 0.5) is 20.3 Å². The topological polar surface area (TPSA) is 81.3 Å². The molecule has 156 valence electrons. The fourth-order valence-electron chi connectivity index (χ4n) is 3.25. The number of rotatable bonds is 6. The number of aromatic nitrogens is 2. The van der Waals surface area contributed by atoms with Crippen molar-refractivity contribution in [3.05, 3.63) is 90.3 Å². The fraction of sp³-hybridized carbons (Fsp3) is 0.0870. The number of anilines is 2. The van der Waals surface area contributed by atoms with Gasteiger partial charge < -0.3 is 15.4 Å². The van der Waals surface area contributed by atoms with E-state index in [1.807, 2.05) is 24.3 Å². The van der Waals surface area contributed by atoms with Gasteiger partial charge in [0.05, 0.1) is 23.3 Å². The Bertz CT molecular complexity index is 1220. The minimum Gasteiger partial charge on any atom is -0.433 e. The van der Waals surface area contributed by atoms with Crippen LogP contribution in [-0.4, -0.2) is 22.5 Å². The zero-order chi connectivity index (χ0) is 21.8. The third kappa shape index (κ3) is 4.58. The van der Waals surface area contributed by atoms with Crippen molar-refractivity contribution in [2.24, 2.45) is 0 Å². The number of nitrogens with zero attached hydrogens (tertiary/aromatic N) is 3. The molecule has 2 N–H and O–H groups in total. The predicted octanol–water partition coefficient (Wildman–Crippen LogP) is 4.66. The largest absolute Gasteiger partial charge is 0.433 e. The lowest BCUT2D eigenvalue weighted by molar-refractivity contribution is -0.0495. The van der Waals surface area contributed by atoms with Crippen molar-refractivity contribution in [3.63, 3.8) is 0 Å². The standard InChI is InChI=1S/C23H18F2N4O2/c24-23(25)31-20-6-2-1-5-19(20)29(22(30)17-4-3-11-27-13-17)14-15-7-8-16-9-10-21(26)28-18(16)12-15/h1-13,23H,14H2,(H2,26,28). The van der Waals surface area contributed by atoms with Crippen molar-refractivity contribution in [2.75, 3.05) is 10.6 Å². The van der Waals surface area contributed by atoms with Crippen LogP contribution in [0.3, 0.4) is 0 Å². The van der Waals surface area contributed by atoms with Crippen LogP contribution in [0, 0.1) is 0 Å². The van der Waals surface area contributed by atoms with Gasteiger partial charge in [-0.15, -0.1) is 0 Å². The monoisotopic (exact) mass is 420 g/mol. The molecule has 2 aromatic carbocycles. The molecule has 4 aromatic rings. The van der Waals surface area contributed by atoms with E-state index >= 15 is 0 Å². The number of nitrogen functional groups attached to an aromatic ring is 1. The summed E-state index contributed by atoms with van der Waals surface area (Å²) in [7, 11) is 0. The zero-order valence-corrected chi connectivity index (χ0v) is 16.3. The summed E-state index contributed by atoms with van der Waals surface area (Å²) in [6.45, 7) is -2.92. The molecule has 0 saturated heterocycles. The van der Waals surface area contributed by atoms with Crippen molar-refractivity contribution < 1.29 is 18.3 Å². The molecule has 2 heterocycles. The highest BCUT2D eigenvalue weighted by Crippen LogP contribution is 2.32. The van der Waals surface area contributed by atoms with Crippen molar-refractivity contribution in [1.82, 2.24) is 9.97 Å². The second-order valence-electron chi connectivity index (χ2n) is 6.74. The highest BCUT2D eigenvalue weighted by molar-refractivity contribution is 6.06. The Labute approximate surface area is 176 Å². The quantitative estimate of drug-likeness (QED) is 0.491. The Hall–Kier alpha value is -4.07. The number of hydrogen-bond acceptors (Lipinski definition) is 5. The molecule has 0 fully saturated rings. The smallest absolute Gasteiger partial charge is 0.387 e. The average molecular weight is 420 g/mol.